The zero-order valence-corrected chi connectivity index (χ0v) is 12.0. The van der Waals surface area contributed by atoms with Gasteiger partial charge >= 0.3 is 0 Å². The highest BCUT2D eigenvalue weighted by Gasteiger charge is 2.11. The van der Waals surface area contributed by atoms with E-state index in [1.54, 1.807) is 0 Å². The van der Waals surface area contributed by atoms with Crippen molar-refractivity contribution >= 4 is 5.91 Å². The molecule has 0 saturated heterocycles. The van der Waals surface area contributed by atoms with Crippen molar-refractivity contribution in [2.75, 3.05) is 26.8 Å². The number of hydrogen-bond acceptors (Lipinski definition) is 2. The maximum absolute atomic E-state index is 11.6. The molecule has 102 valence electrons. The lowest BCUT2D eigenvalue weighted by molar-refractivity contribution is -0.133. The first-order valence-electron chi connectivity index (χ1n) is 6.92. The molecule has 0 spiro atoms. The van der Waals surface area contributed by atoms with E-state index in [1.165, 1.54) is 19.3 Å². The molecule has 17 heavy (non-hydrogen) atoms. The first-order valence-corrected chi connectivity index (χ1v) is 6.92. The Labute approximate surface area is 107 Å². The fourth-order valence-electron chi connectivity index (χ4n) is 1.66. The summed E-state index contributed by atoms with van der Waals surface area (Å²) in [6, 6.07) is 0. The SMILES string of the molecule is CCCCCOCCCCN(C)C(=O)C(C)C. The molecule has 0 aliphatic rings. The van der Waals surface area contributed by atoms with Gasteiger partial charge in [0.1, 0.15) is 0 Å². The molecule has 3 heteroatoms. The van der Waals surface area contributed by atoms with Gasteiger partial charge in [-0.05, 0) is 19.3 Å². The molecule has 0 heterocycles. The highest BCUT2D eigenvalue weighted by Crippen LogP contribution is 2.02. The summed E-state index contributed by atoms with van der Waals surface area (Å²) in [6.07, 6.45) is 5.74. The molecule has 0 fully saturated rings. The second-order valence-corrected chi connectivity index (χ2v) is 4.94. The lowest BCUT2D eigenvalue weighted by Crippen LogP contribution is -2.31. The normalized spacial score (nSPS) is 10.9. The van der Waals surface area contributed by atoms with Crippen LogP contribution in [-0.2, 0) is 9.53 Å². The van der Waals surface area contributed by atoms with Gasteiger partial charge in [0, 0.05) is 32.7 Å². The Morgan fingerprint density at radius 2 is 1.71 bits per heavy atom. The molecule has 0 radical (unpaired) electrons. The van der Waals surface area contributed by atoms with Crippen LogP contribution in [0.4, 0.5) is 0 Å². The van der Waals surface area contributed by atoms with Gasteiger partial charge in [-0.15, -0.1) is 0 Å². The molecule has 3 nitrogen and oxygen atoms in total. The van der Waals surface area contributed by atoms with E-state index in [0.717, 1.165) is 32.6 Å². The van der Waals surface area contributed by atoms with Crippen LogP contribution in [0.15, 0.2) is 0 Å². The molecule has 0 aliphatic heterocycles. The Bertz CT molecular complexity index is 193. The Morgan fingerprint density at radius 1 is 1.12 bits per heavy atom. The molecule has 0 aromatic rings. The number of carbonyl (C=O) groups is 1. The van der Waals surface area contributed by atoms with Crippen molar-refractivity contribution in [1.82, 2.24) is 4.90 Å². The Morgan fingerprint density at radius 3 is 2.24 bits per heavy atom. The Kier molecular flexibility index (Phi) is 10.2. The number of carbonyl (C=O) groups excluding carboxylic acids is 1. The minimum Gasteiger partial charge on any atom is -0.381 e. The Hall–Kier alpha value is -0.570. The van der Waals surface area contributed by atoms with Crippen molar-refractivity contribution < 1.29 is 9.53 Å². The predicted octanol–water partition coefficient (Wildman–Crippen LogP) is 3.09. The Balaban J connectivity index is 3.30. The van der Waals surface area contributed by atoms with E-state index in [4.69, 9.17) is 4.74 Å². The molecule has 0 saturated carbocycles. The van der Waals surface area contributed by atoms with Crippen molar-refractivity contribution in [3.63, 3.8) is 0 Å². The third kappa shape index (κ3) is 9.16. The van der Waals surface area contributed by atoms with Crippen molar-refractivity contribution in [1.29, 1.82) is 0 Å². The van der Waals surface area contributed by atoms with Crippen LogP contribution in [0.1, 0.15) is 52.9 Å². The van der Waals surface area contributed by atoms with Gasteiger partial charge in [-0.2, -0.15) is 0 Å². The number of hydrogen-bond donors (Lipinski definition) is 0. The number of unbranched alkanes of at least 4 members (excludes halogenated alkanes) is 3. The highest BCUT2D eigenvalue weighted by molar-refractivity contribution is 5.77. The van der Waals surface area contributed by atoms with Crippen LogP contribution >= 0.6 is 0 Å². The average Bonchev–Trinajstić information content (AvgIpc) is 2.31. The standard InChI is InChI=1S/C14H29NO2/c1-5-6-8-11-17-12-9-7-10-15(4)14(16)13(2)3/h13H,5-12H2,1-4H3. The molecule has 0 unspecified atom stereocenters. The minimum atomic E-state index is 0.102. The molecule has 0 N–H and O–H groups in total. The monoisotopic (exact) mass is 243 g/mol. The largest absolute Gasteiger partial charge is 0.381 e. The molecule has 0 bridgehead atoms. The quantitative estimate of drug-likeness (QED) is 0.552. The van der Waals surface area contributed by atoms with Crippen LogP contribution in [0.3, 0.4) is 0 Å². The minimum absolute atomic E-state index is 0.102. The van der Waals surface area contributed by atoms with Crippen LogP contribution in [0.25, 0.3) is 0 Å². The number of rotatable bonds is 10. The summed E-state index contributed by atoms with van der Waals surface area (Å²) in [6.45, 7) is 8.63. The summed E-state index contributed by atoms with van der Waals surface area (Å²) in [5.41, 5.74) is 0. The maximum Gasteiger partial charge on any atom is 0.224 e. The fraction of sp³-hybridized carbons (Fsp3) is 0.929. The van der Waals surface area contributed by atoms with Crippen molar-refractivity contribution in [2.45, 2.75) is 52.9 Å². The van der Waals surface area contributed by atoms with Gasteiger partial charge in [-0.25, -0.2) is 0 Å². The average molecular weight is 243 g/mol. The lowest BCUT2D eigenvalue weighted by Gasteiger charge is -2.19. The second kappa shape index (κ2) is 10.6. The zero-order chi connectivity index (χ0) is 13.1. The van der Waals surface area contributed by atoms with E-state index < -0.39 is 0 Å². The van der Waals surface area contributed by atoms with Crippen LogP contribution in [0, 0.1) is 5.92 Å². The topological polar surface area (TPSA) is 29.5 Å². The first-order chi connectivity index (χ1) is 8.09. The smallest absolute Gasteiger partial charge is 0.224 e. The van der Waals surface area contributed by atoms with E-state index in [-0.39, 0.29) is 11.8 Å². The van der Waals surface area contributed by atoms with Gasteiger partial charge in [0.25, 0.3) is 0 Å². The summed E-state index contributed by atoms with van der Waals surface area (Å²) in [4.78, 5) is 13.4. The number of ether oxygens (including phenoxy) is 1. The molecule has 0 atom stereocenters. The van der Waals surface area contributed by atoms with Crippen LogP contribution in [-0.4, -0.2) is 37.6 Å². The number of nitrogens with zero attached hydrogens (tertiary/aromatic N) is 1. The second-order valence-electron chi connectivity index (χ2n) is 4.94. The van der Waals surface area contributed by atoms with E-state index in [9.17, 15) is 4.79 Å². The molecular formula is C14H29NO2. The third-order valence-electron chi connectivity index (χ3n) is 2.79. The van der Waals surface area contributed by atoms with Crippen LogP contribution in [0.2, 0.25) is 0 Å². The van der Waals surface area contributed by atoms with Gasteiger partial charge in [0.05, 0.1) is 0 Å². The maximum atomic E-state index is 11.6. The van der Waals surface area contributed by atoms with E-state index >= 15 is 0 Å². The molecule has 0 aliphatic carbocycles. The van der Waals surface area contributed by atoms with Gasteiger partial charge in [-0.3, -0.25) is 4.79 Å². The lowest BCUT2D eigenvalue weighted by atomic mass is 10.2. The summed E-state index contributed by atoms with van der Waals surface area (Å²) in [5, 5.41) is 0. The van der Waals surface area contributed by atoms with Gasteiger partial charge < -0.3 is 9.64 Å². The summed E-state index contributed by atoms with van der Waals surface area (Å²) >= 11 is 0. The van der Waals surface area contributed by atoms with Crippen molar-refractivity contribution in [3.8, 4) is 0 Å². The van der Waals surface area contributed by atoms with Gasteiger partial charge in [-0.1, -0.05) is 33.6 Å². The third-order valence-corrected chi connectivity index (χ3v) is 2.79. The number of amides is 1. The molecular weight excluding hydrogens is 214 g/mol. The van der Waals surface area contributed by atoms with Gasteiger partial charge in [0.15, 0.2) is 0 Å². The van der Waals surface area contributed by atoms with E-state index in [1.807, 2.05) is 25.8 Å². The molecule has 0 rings (SSSR count). The summed E-state index contributed by atoms with van der Waals surface area (Å²) in [5.74, 6) is 0.333. The first kappa shape index (κ1) is 16.4. The van der Waals surface area contributed by atoms with Crippen molar-refractivity contribution in [3.05, 3.63) is 0 Å². The van der Waals surface area contributed by atoms with E-state index in [2.05, 4.69) is 6.92 Å². The van der Waals surface area contributed by atoms with Gasteiger partial charge in [0.2, 0.25) is 5.91 Å². The zero-order valence-electron chi connectivity index (χ0n) is 12.0. The molecule has 0 aromatic carbocycles. The molecule has 1 amide bonds. The van der Waals surface area contributed by atoms with Crippen LogP contribution < -0.4 is 0 Å². The fourth-order valence-corrected chi connectivity index (χ4v) is 1.66. The summed E-state index contributed by atoms with van der Waals surface area (Å²) < 4.78 is 5.52. The highest BCUT2D eigenvalue weighted by atomic mass is 16.5. The van der Waals surface area contributed by atoms with Crippen LogP contribution in [0.5, 0.6) is 0 Å². The van der Waals surface area contributed by atoms with Crippen molar-refractivity contribution in [2.24, 2.45) is 5.92 Å². The molecule has 0 aromatic heterocycles. The predicted molar refractivity (Wildman–Crippen MR) is 72.1 cm³/mol. The summed E-state index contributed by atoms with van der Waals surface area (Å²) in [7, 11) is 1.88. The van der Waals surface area contributed by atoms with E-state index in [0.29, 0.717) is 0 Å².